The van der Waals surface area contributed by atoms with Crippen molar-refractivity contribution in [2.24, 2.45) is 0 Å². The van der Waals surface area contributed by atoms with Crippen LogP contribution in [-0.4, -0.2) is 31.4 Å². The summed E-state index contributed by atoms with van der Waals surface area (Å²) in [7, 11) is 0. The third-order valence-corrected chi connectivity index (χ3v) is 5.30. The molecule has 3 rings (SSSR count). The second-order valence-corrected chi connectivity index (χ2v) is 7.61. The molecule has 0 saturated heterocycles. The number of nitrogens with zero attached hydrogens (tertiary/aromatic N) is 4. The normalized spacial score (nSPS) is 12.1. The summed E-state index contributed by atoms with van der Waals surface area (Å²) in [5, 5.41) is 17.0. The van der Waals surface area contributed by atoms with Crippen molar-refractivity contribution in [3.63, 3.8) is 0 Å². The van der Waals surface area contributed by atoms with E-state index in [9.17, 15) is 4.79 Å². The van der Waals surface area contributed by atoms with Crippen LogP contribution in [0.4, 0.5) is 0 Å². The van der Waals surface area contributed by atoms with E-state index in [-0.39, 0.29) is 11.2 Å². The molecule has 0 bridgehead atoms. The van der Waals surface area contributed by atoms with Crippen LogP contribution in [0.15, 0.2) is 46.9 Å². The molecule has 1 aromatic carbocycles. The zero-order valence-corrected chi connectivity index (χ0v) is 15.0. The van der Waals surface area contributed by atoms with Gasteiger partial charge in [0, 0.05) is 4.88 Å². The molecule has 6 nitrogen and oxygen atoms in total. The molecule has 3 aromatic rings. The average molecular weight is 359 g/mol. The van der Waals surface area contributed by atoms with Crippen molar-refractivity contribution in [3.8, 4) is 5.69 Å². The maximum absolute atomic E-state index is 12.3. The van der Waals surface area contributed by atoms with E-state index in [1.165, 1.54) is 17.3 Å². The number of nitrogens with one attached hydrogen (secondary N) is 1. The molecule has 1 N–H and O–H groups in total. The second kappa shape index (κ2) is 7.59. The molecule has 124 valence electrons. The van der Waals surface area contributed by atoms with Gasteiger partial charge in [0.15, 0.2) is 0 Å². The van der Waals surface area contributed by atoms with Crippen LogP contribution in [0.2, 0.25) is 0 Å². The number of carbonyl (C=O) groups is 1. The van der Waals surface area contributed by atoms with Gasteiger partial charge in [-0.25, -0.2) is 0 Å². The molecule has 0 aliphatic carbocycles. The Bertz CT molecular complexity index is 798. The number of tetrazole rings is 1. The summed E-state index contributed by atoms with van der Waals surface area (Å²) in [4.78, 5) is 13.4. The SMILES string of the molecule is Cc1ccc(-n2nnnc2S[C@H](C)C(=O)NCc2cccs2)cc1. The van der Waals surface area contributed by atoms with Crippen molar-refractivity contribution in [2.45, 2.75) is 30.8 Å². The average Bonchev–Trinajstić information content (AvgIpc) is 3.25. The van der Waals surface area contributed by atoms with Gasteiger partial charge in [-0.15, -0.1) is 16.4 Å². The largest absolute Gasteiger partial charge is 0.350 e. The van der Waals surface area contributed by atoms with Crippen LogP contribution in [-0.2, 0) is 11.3 Å². The van der Waals surface area contributed by atoms with Crippen LogP contribution in [0.3, 0.4) is 0 Å². The van der Waals surface area contributed by atoms with Gasteiger partial charge in [0.05, 0.1) is 17.5 Å². The zero-order chi connectivity index (χ0) is 16.9. The molecule has 2 aromatic heterocycles. The minimum absolute atomic E-state index is 0.0353. The van der Waals surface area contributed by atoms with Gasteiger partial charge in [0.2, 0.25) is 11.1 Å². The van der Waals surface area contributed by atoms with Gasteiger partial charge >= 0.3 is 0 Å². The summed E-state index contributed by atoms with van der Waals surface area (Å²) in [6, 6.07) is 11.9. The standard InChI is InChI=1S/C16H17N5OS2/c1-11-5-7-13(8-6-11)21-16(18-19-20-21)24-12(2)15(22)17-10-14-4-3-9-23-14/h3-9,12H,10H2,1-2H3,(H,17,22)/t12-/m1/s1. The molecule has 0 aliphatic rings. The van der Waals surface area contributed by atoms with Gasteiger partial charge in [-0.1, -0.05) is 35.5 Å². The maximum Gasteiger partial charge on any atom is 0.233 e. The third-order valence-electron chi connectivity index (χ3n) is 3.39. The lowest BCUT2D eigenvalue weighted by atomic mass is 10.2. The van der Waals surface area contributed by atoms with E-state index in [1.807, 2.05) is 55.6 Å². The van der Waals surface area contributed by atoms with Crippen molar-refractivity contribution in [1.82, 2.24) is 25.5 Å². The van der Waals surface area contributed by atoms with Crippen LogP contribution >= 0.6 is 23.1 Å². The highest BCUT2D eigenvalue weighted by Gasteiger charge is 2.19. The Balaban J connectivity index is 1.64. The van der Waals surface area contributed by atoms with E-state index in [1.54, 1.807) is 16.0 Å². The molecule has 0 radical (unpaired) electrons. The number of hydrogen-bond donors (Lipinski definition) is 1. The number of rotatable bonds is 6. The number of benzene rings is 1. The Morgan fingerprint density at radius 2 is 2.12 bits per heavy atom. The first kappa shape index (κ1) is 16.7. The highest BCUT2D eigenvalue weighted by molar-refractivity contribution is 8.00. The van der Waals surface area contributed by atoms with Gasteiger partial charge in [0.25, 0.3) is 0 Å². The maximum atomic E-state index is 12.3. The van der Waals surface area contributed by atoms with E-state index in [0.717, 1.165) is 10.6 Å². The molecular weight excluding hydrogens is 342 g/mol. The molecule has 1 atom stereocenters. The molecule has 0 unspecified atom stereocenters. The zero-order valence-electron chi connectivity index (χ0n) is 13.3. The quantitative estimate of drug-likeness (QED) is 0.685. The summed E-state index contributed by atoms with van der Waals surface area (Å²) in [6.07, 6.45) is 0. The van der Waals surface area contributed by atoms with Gasteiger partial charge in [-0.2, -0.15) is 4.68 Å². The summed E-state index contributed by atoms with van der Waals surface area (Å²) >= 11 is 2.96. The van der Waals surface area contributed by atoms with Crippen molar-refractivity contribution in [3.05, 3.63) is 52.2 Å². The minimum Gasteiger partial charge on any atom is -0.350 e. The molecule has 0 fully saturated rings. The lowest BCUT2D eigenvalue weighted by molar-refractivity contribution is -0.120. The minimum atomic E-state index is -0.292. The van der Waals surface area contributed by atoms with E-state index in [4.69, 9.17) is 0 Å². The summed E-state index contributed by atoms with van der Waals surface area (Å²) in [5.41, 5.74) is 2.04. The smallest absolute Gasteiger partial charge is 0.233 e. The van der Waals surface area contributed by atoms with Gasteiger partial charge in [-0.05, 0) is 47.9 Å². The number of amides is 1. The molecular formula is C16H17N5OS2. The van der Waals surface area contributed by atoms with Gasteiger partial charge in [-0.3, -0.25) is 4.79 Å². The van der Waals surface area contributed by atoms with Crippen molar-refractivity contribution in [1.29, 1.82) is 0 Å². The molecule has 0 saturated carbocycles. The molecule has 0 spiro atoms. The lowest BCUT2D eigenvalue weighted by Crippen LogP contribution is -2.30. The molecule has 0 aliphatic heterocycles. The van der Waals surface area contributed by atoms with E-state index >= 15 is 0 Å². The van der Waals surface area contributed by atoms with Crippen LogP contribution in [0, 0.1) is 6.92 Å². The Morgan fingerprint density at radius 3 is 2.83 bits per heavy atom. The van der Waals surface area contributed by atoms with Crippen LogP contribution in [0.1, 0.15) is 17.4 Å². The number of aromatic nitrogens is 4. The van der Waals surface area contributed by atoms with Crippen molar-refractivity contribution >= 4 is 29.0 Å². The van der Waals surface area contributed by atoms with E-state index < -0.39 is 0 Å². The molecule has 2 heterocycles. The predicted octanol–water partition coefficient (Wildman–Crippen LogP) is 2.83. The van der Waals surface area contributed by atoms with Crippen LogP contribution in [0.25, 0.3) is 5.69 Å². The van der Waals surface area contributed by atoms with Crippen LogP contribution in [0.5, 0.6) is 0 Å². The Kier molecular flexibility index (Phi) is 5.27. The fraction of sp³-hybridized carbons (Fsp3) is 0.250. The lowest BCUT2D eigenvalue weighted by Gasteiger charge is -2.11. The molecule has 8 heteroatoms. The first-order valence-corrected chi connectivity index (χ1v) is 9.21. The van der Waals surface area contributed by atoms with Crippen molar-refractivity contribution in [2.75, 3.05) is 0 Å². The number of carbonyl (C=O) groups excluding carboxylic acids is 1. The molecule has 1 amide bonds. The van der Waals surface area contributed by atoms with Gasteiger partial charge < -0.3 is 5.32 Å². The predicted molar refractivity (Wildman–Crippen MR) is 95.4 cm³/mol. The van der Waals surface area contributed by atoms with E-state index in [2.05, 4.69) is 20.8 Å². The van der Waals surface area contributed by atoms with E-state index in [0.29, 0.717) is 11.7 Å². The third kappa shape index (κ3) is 4.01. The summed E-state index contributed by atoms with van der Waals surface area (Å²) in [5.74, 6) is -0.0353. The number of aryl methyl sites for hydroxylation is 1. The second-order valence-electron chi connectivity index (χ2n) is 5.27. The number of thioether (sulfide) groups is 1. The van der Waals surface area contributed by atoms with Crippen molar-refractivity contribution < 1.29 is 4.79 Å². The molecule has 24 heavy (non-hydrogen) atoms. The van der Waals surface area contributed by atoms with Gasteiger partial charge in [0.1, 0.15) is 0 Å². The monoisotopic (exact) mass is 359 g/mol. The number of thiophene rings is 1. The fourth-order valence-corrected chi connectivity index (χ4v) is 3.52. The first-order valence-electron chi connectivity index (χ1n) is 7.45. The Morgan fingerprint density at radius 1 is 1.33 bits per heavy atom. The Labute approximate surface area is 148 Å². The fourth-order valence-electron chi connectivity index (χ4n) is 2.04. The number of hydrogen-bond acceptors (Lipinski definition) is 6. The summed E-state index contributed by atoms with van der Waals surface area (Å²) in [6.45, 7) is 4.42. The topological polar surface area (TPSA) is 72.7 Å². The Hall–Kier alpha value is -2.19. The highest BCUT2D eigenvalue weighted by atomic mass is 32.2. The van der Waals surface area contributed by atoms with Crippen LogP contribution < -0.4 is 5.32 Å². The highest BCUT2D eigenvalue weighted by Crippen LogP contribution is 2.23. The first-order chi connectivity index (χ1) is 11.6. The summed E-state index contributed by atoms with van der Waals surface area (Å²) < 4.78 is 1.65.